The Morgan fingerprint density at radius 2 is 2.24 bits per heavy atom. The molecule has 1 fully saturated rings. The number of aromatic nitrogens is 2. The fraction of sp³-hybridized carbons (Fsp3) is 0.625. The number of amides is 1. The summed E-state index contributed by atoms with van der Waals surface area (Å²) in [6.45, 7) is 10.2. The van der Waals surface area contributed by atoms with Crippen molar-refractivity contribution in [1.29, 1.82) is 0 Å². The van der Waals surface area contributed by atoms with Crippen molar-refractivity contribution in [1.82, 2.24) is 14.7 Å². The predicted octanol–water partition coefficient (Wildman–Crippen LogP) is 3.69. The number of hydrogen-bond acceptors (Lipinski definition) is 3. The maximum Gasteiger partial charge on any atom is 0.264 e. The number of thiophene rings is 1. The molecular weight excluding hydrogens is 282 g/mol. The summed E-state index contributed by atoms with van der Waals surface area (Å²) in [7, 11) is 0. The van der Waals surface area contributed by atoms with Crippen molar-refractivity contribution in [2.24, 2.45) is 5.92 Å². The standard InChI is InChI=1S/C16H23N3OS/c1-5-18(12-6-7-12)15(20)14-8-13-11(4)17-19(9-10(2)3)16(13)21-14/h8,10,12H,5-7,9H2,1-4H3. The number of hydrogen-bond donors (Lipinski definition) is 0. The molecule has 0 bridgehead atoms. The Kier molecular flexibility index (Phi) is 3.78. The van der Waals surface area contributed by atoms with E-state index in [9.17, 15) is 4.79 Å². The van der Waals surface area contributed by atoms with Crippen molar-refractivity contribution in [3.63, 3.8) is 0 Å². The van der Waals surface area contributed by atoms with Crippen LogP contribution in [0, 0.1) is 12.8 Å². The lowest BCUT2D eigenvalue weighted by Crippen LogP contribution is -2.32. The largest absolute Gasteiger partial charge is 0.335 e. The molecule has 1 saturated carbocycles. The van der Waals surface area contributed by atoms with E-state index in [1.165, 1.54) is 0 Å². The van der Waals surface area contributed by atoms with Crippen molar-refractivity contribution in [2.45, 2.75) is 53.1 Å². The third-order valence-corrected chi connectivity index (χ3v) is 5.08. The van der Waals surface area contributed by atoms with Gasteiger partial charge in [-0.25, -0.2) is 0 Å². The Labute approximate surface area is 129 Å². The van der Waals surface area contributed by atoms with E-state index in [1.807, 2.05) is 17.9 Å². The van der Waals surface area contributed by atoms with Crippen molar-refractivity contribution < 1.29 is 4.79 Å². The average molecular weight is 305 g/mol. The van der Waals surface area contributed by atoms with Crippen molar-refractivity contribution in [3.8, 4) is 0 Å². The van der Waals surface area contributed by atoms with Crippen molar-refractivity contribution >= 4 is 27.5 Å². The molecule has 2 aromatic heterocycles. The molecule has 4 nitrogen and oxygen atoms in total. The van der Waals surface area contributed by atoms with Crippen LogP contribution in [0.5, 0.6) is 0 Å². The summed E-state index contributed by atoms with van der Waals surface area (Å²) in [5.41, 5.74) is 1.02. The summed E-state index contributed by atoms with van der Waals surface area (Å²) in [6, 6.07) is 2.51. The summed E-state index contributed by atoms with van der Waals surface area (Å²) in [5.74, 6) is 0.740. The second kappa shape index (κ2) is 5.44. The van der Waals surface area contributed by atoms with Crippen LogP contribution in [0.2, 0.25) is 0 Å². The molecule has 2 aromatic rings. The fourth-order valence-corrected chi connectivity index (χ4v) is 3.91. The summed E-state index contributed by atoms with van der Waals surface area (Å²) < 4.78 is 2.06. The molecule has 0 spiro atoms. The molecular formula is C16H23N3OS. The van der Waals surface area contributed by atoms with Gasteiger partial charge in [-0.05, 0) is 38.7 Å². The van der Waals surface area contributed by atoms with E-state index in [2.05, 4.69) is 30.6 Å². The smallest absolute Gasteiger partial charge is 0.264 e. The Hall–Kier alpha value is -1.36. The molecule has 1 aliphatic rings. The Morgan fingerprint density at radius 3 is 2.81 bits per heavy atom. The molecule has 1 amide bonds. The Morgan fingerprint density at radius 1 is 1.52 bits per heavy atom. The fourth-order valence-electron chi connectivity index (χ4n) is 2.78. The van der Waals surface area contributed by atoms with Gasteiger partial charge in [0, 0.05) is 24.5 Å². The minimum absolute atomic E-state index is 0.191. The van der Waals surface area contributed by atoms with Crippen LogP contribution < -0.4 is 0 Å². The topological polar surface area (TPSA) is 38.1 Å². The molecule has 0 unspecified atom stereocenters. The van der Waals surface area contributed by atoms with Gasteiger partial charge in [-0.15, -0.1) is 11.3 Å². The second-order valence-corrected chi connectivity index (χ2v) is 7.34. The Bertz CT molecular complexity index is 666. The van der Waals surface area contributed by atoms with Crippen molar-refractivity contribution in [3.05, 3.63) is 16.6 Å². The summed E-state index contributed by atoms with van der Waals surface area (Å²) >= 11 is 1.59. The molecule has 3 rings (SSSR count). The number of aryl methyl sites for hydroxylation is 1. The molecule has 0 saturated heterocycles. The van der Waals surface area contributed by atoms with Crippen LogP contribution in [-0.4, -0.2) is 33.2 Å². The van der Waals surface area contributed by atoms with Crippen LogP contribution in [-0.2, 0) is 6.54 Å². The molecule has 0 atom stereocenters. The number of nitrogens with zero attached hydrogens (tertiary/aromatic N) is 3. The second-order valence-electron chi connectivity index (χ2n) is 6.31. The van der Waals surface area contributed by atoms with Gasteiger partial charge in [0.2, 0.25) is 0 Å². The first-order valence-electron chi connectivity index (χ1n) is 7.79. The maximum atomic E-state index is 12.7. The molecule has 114 valence electrons. The van der Waals surface area contributed by atoms with Gasteiger partial charge in [0.1, 0.15) is 4.83 Å². The highest BCUT2D eigenvalue weighted by Gasteiger charge is 2.32. The van der Waals surface area contributed by atoms with Crippen LogP contribution in [0.3, 0.4) is 0 Å². The van der Waals surface area contributed by atoms with Gasteiger partial charge < -0.3 is 4.90 Å². The van der Waals surface area contributed by atoms with E-state index in [4.69, 9.17) is 0 Å². The van der Waals surface area contributed by atoms with E-state index < -0.39 is 0 Å². The molecule has 0 aliphatic heterocycles. The van der Waals surface area contributed by atoms with Crippen molar-refractivity contribution in [2.75, 3.05) is 6.54 Å². The van der Waals surface area contributed by atoms with E-state index >= 15 is 0 Å². The lowest BCUT2D eigenvalue weighted by atomic mass is 10.2. The molecule has 5 heteroatoms. The predicted molar refractivity (Wildman–Crippen MR) is 86.9 cm³/mol. The van der Waals surface area contributed by atoms with Crippen LogP contribution in [0.15, 0.2) is 6.07 Å². The first-order chi connectivity index (χ1) is 10.0. The third kappa shape index (κ3) is 2.71. The minimum Gasteiger partial charge on any atom is -0.335 e. The van der Waals surface area contributed by atoms with E-state index in [-0.39, 0.29) is 5.91 Å². The first kappa shape index (κ1) is 14.6. The third-order valence-electron chi connectivity index (χ3n) is 3.95. The minimum atomic E-state index is 0.191. The Balaban J connectivity index is 1.95. The highest BCUT2D eigenvalue weighted by molar-refractivity contribution is 7.20. The molecule has 0 radical (unpaired) electrons. The normalized spacial score (nSPS) is 15.1. The summed E-state index contributed by atoms with van der Waals surface area (Å²) in [4.78, 5) is 16.7. The highest BCUT2D eigenvalue weighted by atomic mass is 32.1. The van der Waals surface area contributed by atoms with E-state index in [0.717, 1.165) is 46.7 Å². The lowest BCUT2D eigenvalue weighted by molar-refractivity contribution is 0.0757. The summed E-state index contributed by atoms with van der Waals surface area (Å²) in [5, 5.41) is 5.74. The zero-order valence-corrected chi connectivity index (χ0v) is 14.0. The molecule has 1 aliphatic carbocycles. The van der Waals surface area contributed by atoms with Gasteiger partial charge in [0.05, 0.1) is 10.6 Å². The van der Waals surface area contributed by atoms with Gasteiger partial charge in [-0.3, -0.25) is 9.48 Å². The average Bonchev–Trinajstić information content (AvgIpc) is 3.07. The summed E-state index contributed by atoms with van der Waals surface area (Å²) in [6.07, 6.45) is 2.31. The molecule has 2 heterocycles. The number of carbonyl (C=O) groups excluding carboxylic acids is 1. The zero-order chi connectivity index (χ0) is 15.1. The van der Waals surface area contributed by atoms with Gasteiger partial charge in [-0.1, -0.05) is 13.8 Å². The van der Waals surface area contributed by atoms with Gasteiger partial charge in [0.15, 0.2) is 0 Å². The SMILES string of the molecule is CCN(C(=O)c1cc2c(C)nn(CC(C)C)c2s1)C1CC1. The number of carbonyl (C=O) groups is 1. The quantitative estimate of drug-likeness (QED) is 0.845. The van der Waals surface area contributed by atoms with Crippen LogP contribution >= 0.6 is 11.3 Å². The van der Waals surface area contributed by atoms with Gasteiger partial charge >= 0.3 is 0 Å². The van der Waals surface area contributed by atoms with E-state index in [1.54, 1.807) is 11.3 Å². The molecule has 0 aromatic carbocycles. The zero-order valence-electron chi connectivity index (χ0n) is 13.2. The van der Waals surface area contributed by atoms with Gasteiger partial charge in [-0.2, -0.15) is 5.10 Å². The van der Waals surface area contributed by atoms with Crippen LogP contribution in [0.1, 0.15) is 49.0 Å². The highest BCUT2D eigenvalue weighted by Crippen LogP contribution is 2.33. The van der Waals surface area contributed by atoms with Crippen LogP contribution in [0.25, 0.3) is 10.2 Å². The first-order valence-corrected chi connectivity index (χ1v) is 8.60. The monoisotopic (exact) mass is 305 g/mol. The lowest BCUT2D eigenvalue weighted by Gasteiger charge is -2.19. The van der Waals surface area contributed by atoms with E-state index in [0.29, 0.717) is 12.0 Å². The van der Waals surface area contributed by atoms with Gasteiger partial charge in [0.25, 0.3) is 5.91 Å². The molecule has 0 N–H and O–H groups in total. The number of fused-ring (bicyclic) bond motifs is 1. The van der Waals surface area contributed by atoms with Crippen LogP contribution in [0.4, 0.5) is 0 Å². The number of rotatable bonds is 5. The maximum absolute atomic E-state index is 12.7. The molecule has 21 heavy (non-hydrogen) atoms.